The number of hydrogen-bond donors (Lipinski definition) is 0. The lowest BCUT2D eigenvalue weighted by Gasteiger charge is -2.06. The summed E-state index contributed by atoms with van der Waals surface area (Å²) >= 11 is 6.98. The van der Waals surface area contributed by atoms with Crippen LogP contribution in [0.2, 0.25) is 0 Å². The van der Waals surface area contributed by atoms with Crippen molar-refractivity contribution in [3.63, 3.8) is 0 Å². The second-order valence-electron chi connectivity index (χ2n) is 2.54. The van der Waals surface area contributed by atoms with Crippen molar-refractivity contribution in [3.8, 4) is 0 Å². The number of halogens is 2. The molecule has 0 aliphatic carbocycles. The second kappa shape index (κ2) is 4.83. The molecule has 0 fully saturated rings. The van der Waals surface area contributed by atoms with E-state index in [-0.39, 0.29) is 0 Å². The average Bonchev–Trinajstić information content (AvgIpc) is 2.06. The van der Waals surface area contributed by atoms with Crippen LogP contribution >= 0.6 is 31.9 Å². The molecule has 0 heterocycles. The summed E-state index contributed by atoms with van der Waals surface area (Å²) in [6.45, 7) is 3.70. The first kappa shape index (κ1) is 10.0. The zero-order chi connectivity index (χ0) is 8.97. The SMILES string of the molecule is C=CCC(Br)c1ccc(Br)cc1. The van der Waals surface area contributed by atoms with E-state index in [1.807, 2.05) is 18.2 Å². The van der Waals surface area contributed by atoms with E-state index < -0.39 is 0 Å². The Morgan fingerprint density at radius 1 is 1.33 bits per heavy atom. The van der Waals surface area contributed by atoms with E-state index in [1.165, 1.54) is 5.56 Å². The zero-order valence-electron chi connectivity index (χ0n) is 6.63. The van der Waals surface area contributed by atoms with Crippen molar-refractivity contribution in [1.82, 2.24) is 0 Å². The molecule has 0 N–H and O–H groups in total. The normalized spacial score (nSPS) is 12.5. The van der Waals surface area contributed by atoms with Crippen LogP contribution in [0.3, 0.4) is 0 Å². The van der Waals surface area contributed by atoms with Gasteiger partial charge in [-0.05, 0) is 24.1 Å². The molecule has 0 nitrogen and oxygen atoms in total. The van der Waals surface area contributed by atoms with E-state index in [9.17, 15) is 0 Å². The lowest BCUT2D eigenvalue weighted by atomic mass is 10.1. The van der Waals surface area contributed by atoms with E-state index in [0.29, 0.717) is 4.83 Å². The molecule has 64 valence electrons. The van der Waals surface area contributed by atoms with Crippen molar-refractivity contribution >= 4 is 31.9 Å². The largest absolute Gasteiger partial charge is 0.103 e. The van der Waals surface area contributed by atoms with Gasteiger partial charge in [-0.2, -0.15) is 0 Å². The van der Waals surface area contributed by atoms with Crippen molar-refractivity contribution in [2.75, 3.05) is 0 Å². The minimum atomic E-state index is 0.392. The highest BCUT2D eigenvalue weighted by Crippen LogP contribution is 2.27. The summed E-state index contributed by atoms with van der Waals surface area (Å²) in [6, 6.07) is 8.30. The van der Waals surface area contributed by atoms with Crippen molar-refractivity contribution in [1.29, 1.82) is 0 Å². The molecule has 2 heteroatoms. The van der Waals surface area contributed by atoms with Crippen molar-refractivity contribution in [2.24, 2.45) is 0 Å². The van der Waals surface area contributed by atoms with Crippen molar-refractivity contribution in [2.45, 2.75) is 11.2 Å². The molecule has 0 saturated heterocycles. The van der Waals surface area contributed by atoms with E-state index >= 15 is 0 Å². The first-order chi connectivity index (χ1) is 5.74. The Morgan fingerprint density at radius 2 is 1.92 bits per heavy atom. The second-order valence-corrected chi connectivity index (χ2v) is 4.56. The molecule has 0 aliphatic rings. The van der Waals surface area contributed by atoms with Gasteiger partial charge in [0.2, 0.25) is 0 Å². The van der Waals surface area contributed by atoms with E-state index in [4.69, 9.17) is 0 Å². The van der Waals surface area contributed by atoms with Crippen molar-refractivity contribution < 1.29 is 0 Å². The van der Waals surface area contributed by atoms with E-state index in [1.54, 1.807) is 0 Å². The lowest BCUT2D eigenvalue weighted by Crippen LogP contribution is -1.86. The Balaban J connectivity index is 2.74. The molecule has 1 rings (SSSR count). The summed E-state index contributed by atoms with van der Waals surface area (Å²) < 4.78 is 1.12. The van der Waals surface area contributed by atoms with Gasteiger partial charge in [-0.15, -0.1) is 6.58 Å². The molecule has 0 radical (unpaired) electrons. The molecule has 0 bridgehead atoms. The molecule has 1 atom stereocenters. The van der Waals surface area contributed by atoms with Crippen LogP contribution in [-0.2, 0) is 0 Å². The first-order valence-corrected chi connectivity index (χ1v) is 5.45. The molecule has 0 aliphatic heterocycles. The third kappa shape index (κ3) is 2.76. The van der Waals surface area contributed by atoms with Gasteiger partial charge in [-0.25, -0.2) is 0 Å². The van der Waals surface area contributed by atoms with Gasteiger partial charge in [0.15, 0.2) is 0 Å². The molecular formula is C10H10Br2. The molecule has 0 amide bonds. The van der Waals surface area contributed by atoms with Crippen LogP contribution in [0.5, 0.6) is 0 Å². The van der Waals surface area contributed by atoms with Gasteiger partial charge in [0.25, 0.3) is 0 Å². The number of allylic oxidation sites excluding steroid dienone is 1. The smallest absolute Gasteiger partial charge is 0.0429 e. The van der Waals surface area contributed by atoms with Gasteiger partial charge in [-0.1, -0.05) is 50.1 Å². The molecule has 0 spiro atoms. The Bertz CT molecular complexity index is 251. The van der Waals surface area contributed by atoms with Gasteiger partial charge in [0.1, 0.15) is 0 Å². The van der Waals surface area contributed by atoms with E-state index in [0.717, 1.165) is 10.9 Å². The molecule has 0 aromatic heterocycles. The third-order valence-corrected chi connectivity index (χ3v) is 3.04. The Hall–Kier alpha value is -0.0800. The number of rotatable bonds is 3. The quantitative estimate of drug-likeness (QED) is 0.569. The minimum Gasteiger partial charge on any atom is -0.103 e. The van der Waals surface area contributed by atoms with Crippen LogP contribution in [0.1, 0.15) is 16.8 Å². The van der Waals surface area contributed by atoms with Crippen LogP contribution in [-0.4, -0.2) is 0 Å². The highest BCUT2D eigenvalue weighted by molar-refractivity contribution is 9.10. The van der Waals surface area contributed by atoms with Crippen LogP contribution in [0.4, 0.5) is 0 Å². The van der Waals surface area contributed by atoms with Crippen LogP contribution in [0, 0.1) is 0 Å². The highest BCUT2D eigenvalue weighted by atomic mass is 79.9. The zero-order valence-corrected chi connectivity index (χ0v) is 9.81. The van der Waals surface area contributed by atoms with Crippen LogP contribution in [0.15, 0.2) is 41.4 Å². The number of hydrogen-bond acceptors (Lipinski definition) is 0. The maximum atomic E-state index is 3.70. The monoisotopic (exact) mass is 288 g/mol. The fraction of sp³-hybridized carbons (Fsp3) is 0.200. The van der Waals surface area contributed by atoms with Gasteiger partial charge in [0.05, 0.1) is 0 Å². The van der Waals surface area contributed by atoms with Crippen LogP contribution < -0.4 is 0 Å². The summed E-state index contributed by atoms with van der Waals surface area (Å²) in [6.07, 6.45) is 2.88. The summed E-state index contributed by atoms with van der Waals surface area (Å²) in [5, 5.41) is 0. The topological polar surface area (TPSA) is 0 Å². The first-order valence-electron chi connectivity index (χ1n) is 3.74. The summed E-state index contributed by atoms with van der Waals surface area (Å²) in [5.41, 5.74) is 1.29. The highest BCUT2D eigenvalue weighted by Gasteiger charge is 2.03. The van der Waals surface area contributed by atoms with Gasteiger partial charge in [0, 0.05) is 9.30 Å². The van der Waals surface area contributed by atoms with Crippen LogP contribution in [0.25, 0.3) is 0 Å². The van der Waals surface area contributed by atoms with E-state index in [2.05, 4.69) is 50.6 Å². The fourth-order valence-corrected chi connectivity index (χ4v) is 1.79. The van der Waals surface area contributed by atoms with Gasteiger partial charge >= 0.3 is 0 Å². The Kier molecular flexibility index (Phi) is 4.02. The van der Waals surface area contributed by atoms with Crippen molar-refractivity contribution in [3.05, 3.63) is 47.0 Å². The molecular weight excluding hydrogens is 280 g/mol. The number of benzene rings is 1. The van der Waals surface area contributed by atoms with Gasteiger partial charge < -0.3 is 0 Å². The predicted octanol–water partition coefficient (Wildman–Crippen LogP) is 4.46. The maximum absolute atomic E-state index is 3.70. The summed E-state index contributed by atoms with van der Waals surface area (Å²) in [5.74, 6) is 0. The average molecular weight is 290 g/mol. The molecule has 1 aromatic rings. The maximum Gasteiger partial charge on any atom is 0.0429 e. The molecule has 1 unspecified atom stereocenters. The molecule has 0 saturated carbocycles. The Morgan fingerprint density at radius 3 is 2.42 bits per heavy atom. The summed E-state index contributed by atoms with van der Waals surface area (Å²) in [7, 11) is 0. The summed E-state index contributed by atoms with van der Waals surface area (Å²) in [4.78, 5) is 0.392. The van der Waals surface area contributed by atoms with Gasteiger partial charge in [-0.3, -0.25) is 0 Å². The predicted molar refractivity (Wildman–Crippen MR) is 60.6 cm³/mol. The Labute approximate surface area is 89.9 Å². The number of alkyl halides is 1. The molecule has 1 aromatic carbocycles. The molecule has 12 heavy (non-hydrogen) atoms. The minimum absolute atomic E-state index is 0.392. The fourth-order valence-electron chi connectivity index (χ4n) is 0.954. The lowest BCUT2D eigenvalue weighted by molar-refractivity contribution is 0.991. The standard InChI is InChI=1S/C10H10Br2/c1-2-3-10(12)8-4-6-9(11)7-5-8/h2,4-7,10H,1,3H2. The third-order valence-electron chi connectivity index (χ3n) is 1.61.